The van der Waals surface area contributed by atoms with E-state index in [2.05, 4.69) is 44.5 Å². The first kappa shape index (κ1) is 14.3. The van der Waals surface area contributed by atoms with Crippen LogP contribution in [0.15, 0.2) is 36.7 Å². The summed E-state index contributed by atoms with van der Waals surface area (Å²) in [6.45, 7) is 4.15. The van der Waals surface area contributed by atoms with Crippen LogP contribution in [-0.4, -0.2) is 61.7 Å². The van der Waals surface area contributed by atoms with Crippen molar-refractivity contribution in [2.75, 3.05) is 26.2 Å². The summed E-state index contributed by atoms with van der Waals surface area (Å²) in [4.78, 5) is 17.4. The normalized spacial score (nSPS) is 16.1. The molecule has 3 heterocycles. The first-order valence-corrected chi connectivity index (χ1v) is 8.34. The van der Waals surface area contributed by atoms with Gasteiger partial charge in [0, 0.05) is 32.7 Å². The Morgan fingerprint density at radius 1 is 1.13 bits per heavy atom. The number of carbonyl (C=O) groups is 1. The number of piperazine rings is 1. The van der Waals surface area contributed by atoms with Gasteiger partial charge in [0.25, 0.3) is 5.91 Å². The molecule has 0 bridgehead atoms. The SMILES string of the molecule is O=C(c1nn2cnnc2s1)N1CCN(Cc2ccccc2)CC1. The molecule has 118 valence electrons. The first-order chi connectivity index (χ1) is 11.3. The molecule has 0 aliphatic carbocycles. The van der Waals surface area contributed by atoms with E-state index in [9.17, 15) is 4.79 Å². The zero-order chi connectivity index (χ0) is 15.6. The third kappa shape index (κ3) is 2.95. The van der Waals surface area contributed by atoms with Crippen LogP contribution in [0.4, 0.5) is 0 Å². The lowest BCUT2D eigenvalue weighted by atomic mass is 10.2. The molecular weight excluding hydrogens is 312 g/mol. The summed E-state index contributed by atoms with van der Waals surface area (Å²) in [6, 6.07) is 10.4. The van der Waals surface area contributed by atoms with E-state index in [1.165, 1.54) is 23.2 Å². The molecule has 3 aromatic rings. The highest BCUT2D eigenvalue weighted by molar-refractivity contribution is 7.18. The van der Waals surface area contributed by atoms with Gasteiger partial charge >= 0.3 is 0 Å². The van der Waals surface area contributed by atoms with Crippen LogP contribution >= 0.6 is 11.3 Å². The van der Waals surface area contributed by atoms with Crippen LogP contribution in [-0.2, 0) is 6.54 Å². The van der Waals surface area contributed by atoms with Crippen LogP contribution in [0, 0.1) is 0 Å². The van der Waals surface area contributed by atoms with Crippen LogP contribution in [0.5, 0.6) is 0 Å². The van der Waals surface area contributed by atoms with E-state index in [1.807, 2.05) is 11.0 Å². The quantitative estimate of drug-likeness (QED) is 0.721. The van der Waals surface area contributed by atoms with Gasteiger partial charge in [-0.25, -0.2) is 0 Å². The molecule has 0 spiro atoms. The van der Waals surface area contributed by atoms with E-state index in [4.69, 9.17) is 0 Å². The van der Waals surface area contributed by atoms with Gasteiger partial charge in [-0.2, -0.15) is 4.52 Å². The summed E-state index contributed by atoms with van der Waals surface area (Å²) < 4.78 is 1.55. The van der Waals surface area contributed by atoms with Gasteiger partial charge < -0.3 is 4.90 Å². The third-order valence-electron chi connectivity index (χ3n) is 3.98. The zero-order valence-corrected chi connectivity index (χ0v) is 13.3. The second-order valence-electron chi connectivity index (χ2n) is 5.52. The van der Waals surface area contributed by atoms with Crippen LogP contribution < -0.4 is 0 Å². The molecular formula is C15H16N6OS. The topological polar surface area (TPSA) is 66.6 Å². The number of aromatic nitrogens is 4. The molecule has 0 radical (unpaired) electrons. The average molecular weight is 328 g/mol. The Bertz CT molecular complexity index is 777. The summed E-state index contributed by atoms with van der Waals surface area (Å²) in [6.07, 6.45) is 1.51. The molecule has 0 N–H and O–H groups in total. The lowest BCUT2D eigenvalue weighted by Gasteiger charge is -2.34. The van der Waals surface area contributed by atoms with E-state index in [-0.39, 0.29) is 5.91 Å². The maximum absolute atomic E-state index is 12.5. The Balaban J connectivity index is 1.37. The smallest absolute Gasteiger partial charge is 0.284 e. The molecule has 7 nitrogen and oxygen atoms in total. The van der Waals surface area contributed by atoms with Crippen LogP contribution in [0.25, 0.3) is 4.96 Å². The van der Waals surface area contributed by atoms with Crippen molar-refractivity contribution in [3.63, 3.8) is 0 Å². The molecule has 8 heteroatoms. The predicted molar refractivity (Wildman–Crippen MR) is 86.3 cm³/mol. The van der Waals surface area contributed by atoms with E-state index in [0.717, 1.165) is 32.7 Å². The van der Waals surface area contributed by atoms with Crippen molar-refractivity contribution < 1.29 is 4.79 Å². The highest BCUT2D eigenvalue weighted by Gasteiger charge is 2.25. The maximum atomic E-state index is 12.5. The number of benzene rings is 1. The van der Waals surface area contributed by atoms with Gasteiger partial charge in [-0.3, -0.25) is 9.69 Å². The molecule has 1 aliphatic heterocycles. The minimum absolute atomic E-state index is 0.0140. The zero-order valence-electron chi connectivity index (χ0n) is 12.5. The Morgan fingerprint density at radius 2 is 1.91 bits per heavy atom. The Kier molecular flexibility index (Phi) is 3.76. The van der Waals surface area contributed by atoms with Gasteiger partial charge in [-0.1, -0.05) is 41.7 Å². The second kappa shape index (κ2) is 6.05. The highest BCUT2D eigenvalue weighted by Crippen LogP contribution is 2.16. The van der Waals surface area contributed by atoms with E-state index >= 15 is 0 Å². The summed E-state index contributed by atoms with van der Waals surface area (Å²) in [5.74, 6) is -0.0140. The standard InChI is InChI=1S/C15H16N6OS/c22-14(13-18-21-11-16-17-15(21)23-13)20-8-6-19(7-9-20)10-12-4-2-1-3-5-12/h1-5,11H,6-10H2. The summed E-state index contributed by atoms with van der Waals surface area (Å²) in [5.41, 5.74) is 1.31. The number of carbonyl (C=O) groups excluding carboxylic acids is 1. The summed E-state index contributed by atoms with van der Waals surface area (Å²) in [5, 5.41) is 12.4. The van der Waals surface area contributed by atoms with Crippen LogP contribution in [0.1, 0.15) is 15.4 Å². The van der Waals surface area contributed by atoms with E-state index in [0.29, 0.717) is 9.97 Å². The predicted octanol–water partition coefficient (Wildman–Crippen LogP) is 1.14. The molecule has 1 saturated heterocycles. The maximum Gasteiger partial charge on any atom is 0.284 e. The number of nitrogens with zero attached hydrogens (tertiary/aromatic N) is 6. The Hall–Kier alpha value is -2.32. The van der Waals surface area contributed by atoms with E-state index < -0.39 is 0 Å². The fraction of sp³-hybridized carbons (Fsp3) is 0.333. The number of hydrogen-bond acceptors (Lipinski definition) is 6. The van der Waals surface area contributed by atoms with Gasteiger partial charge in [-0.05, 0) is 5.56 Å². The largest absolute Gasteiger partial charge is 0.334 e. The van der Waals surface area contributed by atoms with Gasteiger partial charge in [0.1, 0.15) is 6.33 Å². The molecule has 4 rings (SSSR count). The summed E-state index contributed by atoms with van der Waals surface area (Å²) in [7, 11) is 0. The molecule has 0 atom stereocenters. The van der Waals surface area contributed by atoms with Crippen molar-refractivity contribution in [2.24, 2.45) is 0 Å². The second-order valence-corrected chi connectivity index (χ2v) is 6.48. The van der Waals surface area contributed by atoms with Crippen molar-refractivity contribution >= 4 is 22.2 Å². The van der Waals surface area contributed by atoms with Gasteiger partial charge in [-0.15, -0.1) is 15.3 Å². The first-order valence-electron chi connectivity index (χ1n) is 7.52. The van der Waals surface area contributed by atoms with Crippen molar-refractivity contribution in [1.29, 1.82) is 0 Å². The molecule has 0 unspecified atom stereocenters. The average Bonchev–Trinajstić information content (AvgIpc) is 3.17. The lowest BCUT2D eigenvalue weighted by Crippen LogP contribution is -2.48. The fourth-order valence-electron chi connectivity index (χ4n) is 2.73. The number of amides is 1. The van der Waals surface area contributed by atoms with Crippen molar-refractivity contribution in [2.45, 2.75) is 6.54 Å². The lowest BCUT2D eigenvalue weighted by molar-refractivity contribution is 0.0627. The van der Waals surface area contributed by atoms with Gasteiger partial charge in [0.05, 0.1) is 0 Å². The molecule has 1 fully saturated rings. The van der Waals surface area contributed by atoms with Crippen molar-refractivity contribution in [3.8, 4) is 0 Å². The molecule has 1 amide bonds. The Morgan fingerprint density at radius 3 is 2.65 bits per heavy atom. The molecule has 0 saturated carbocycles. The fourth-order valence-corrected chi connectivity index (χ4v) is 3.52. The minimum Gasteiger partial charge on any atom is -0.334 e. The van der Waals surface area contributed by atoms with Gasteiger partial charge in [0.2, 0.25) is 9.97 Å². The van der Waals surface area contributed by atoms with E-state index in [1.54, 1.807) is 4.52 Å². The molecule has 1 aliphatic rings. The number of fused-ring (bicyclic) bond motifs is 1. The van der Waals surface area contributed by atoms with Crippen LogP contribution in [0.2, 0.25) is 0 Å². The molecule has 2 aromatic heterocycles. The number of rotatable bonds is 3. The van der Waals surface area contributed by atoms with Gasteiger partial charge in [0.15, 0.2) is 0 Å². The molecule has 23 heavy (non-hydrogen) atoms. The summed E-state index contributed by atoms with van der Waals surface area (Å²) >= 11 is 1.28. The monoisotopic (exact) mass is 328 g/mol. The van der Waals surface area contributed by atoms with Crippen molar-refractivity contribution in [3.05, 3.63) is 47.2 Å². The third-order valence-corrected chi connectivity index (χ3v) is 4.88. The van der Waals surface area contributed by atoms with Crippen LogP contribution in [0.3, 0.4) is 0 Å². The minimum atomic E-state index is -0.0140. The van der Waals surface area contributed by atoms with Crippen molar-refractivity contribution in [1.82, 2.24) is 29.6 Å². The molecule has 1 aromatic carbocycles. The number of hydrogen-bond donors (Lipinski definition) is 0. The Labute approximate surface area is 137 Å². The highest BCUT2D eigenvalue weighted by atomic mass is 32.1.